The largest absolute Gasteiger partial charge is 0.417 e. The second-order valence-electron chi connectivity index (χ2n) is 4.35. The molecule has 0 spiro atoms. The second kappa shape index (κ2) is 4.70. The molecule has 3 nitrogen and oxygen atoms in total. The Labute approximate surface area is 107 Å². The van der Waals surface area contributed by atoms with Crippen LogP contribution in [0.4, 0.5) is 13.2 Å². The van der Waals surface area contributed by atoms with Gasteiger partial charge in [0, 0.05) is 24.5 Å². The number of nitrogens with zero attached hydrogens (tertiary/aromatic N) is 1. The Morgan fingerprint density at radius 3 is 2.53 bits per heavy atom. The Hall–Kier alpha value is -1.82. The lowest BCUT2D eigenvalue weighted by molar-refractivity contribution is -0.136. The predicted molar refractivity (Wildman–Crippen MR) is 67.0 cm³/mol. The summed E-state index contributed by atoms with van der Waals surface area (Å²) in [6.07, 6.45) is -4.55. The van der Waals surface area contributed by atoms with E-state index in [0.717, 1.165) is 5.56 Å². The number of benzene rings is 1. The molecular weight excluding hydrogens is 257 g/mol. The van der Waals surface area contributed by atoms with Gasteiger partial charge in [-0.2, -0.15) is 13.2 Å². The van der Waals surface area contributed by atoms with Gasteiger partial charge in [-0.3, -0.25) is 4.79 Å². The van der Waals surface area contributed by atoms with Crippen LogP contribution < -0.4 is 11.3 Å². The zero-order chi connectivity index (χ0) is 14.2. The maximum absolute atomic E-state index is 12.9. The summed E-state index contributed by atoms with van der Waals surface area (Å²) in [6.45, 7) is 2.14. The van der Waals surface area contributed by atoms with Crippen LogP contribution in [-0.4, -0.2) is 11.1 Å². The zero-order valence-electron chi connectivity index (χ0n) is 10.3. The summed E-state index contributed by atoms with van der Waals surface area (Å²) in [7, 11) is 0. The average Bonchev–Trinajstić information content (AvgIpc) is 2.31. The Kier molecular flexibility index (Phi) is 3.36. The van der Waals surface area contributed by atoms with Crippen molar-refractivity contribution in [2.45, 2.75) is 19.6 Å². The number of halogens is 3. The smallest absolute Gasteiger partial charge is 0.329 e. The average molecular weight is 270 g/mol. The van der Waals surface area contributed by atoms with Crippen LogP contribution in [-0.2, 0) is 12.7 Å². The Morgan fingerprint density at radius 1 is 1.26 bits per heavy atom. The highest BCUT2D eigenvalue weighted by Crippen LogP contribution is 2.33. The van der Waals surface area contributed by atoms with Crippen molar-refractivity contribution in [3.05, 3.63) is 45.7 Å². The third-order valence-corrected chi connectivity index (χ3v) is 2.93. The molecule has 1 aromatic carbocycles. The number of nitrogens with two attached hydrogens (primary N) is 1. The van der Waals surface area contributed by atoms with E-state index in [9.17, 15) is 18.0 Å². The molecule has 0 amide bonds. The highest BCUT2D eigenvalue weighted by Gasteiger charge is 2.33. The second-order valence-corrected chi connectivity index (χ2v) is 4.35. The molecule has 0 aliphatic carbocycles. The van der Waals surface area contributed by atoms with Crippen LogP contribution in [0.15, 0.2) is 29.1 Å². The fraction of sp³-hybridized carbons (Fsp3) is 0.308. The van der Waals surface area contributed by atoms with Crippen molar-refractivity contribution < 1.29 is 13.2 Å². The third kappa shape index (κ3) is 2.49. The fourth-order valence-electron chi connectivity index (χ4n) is 2.08. The van der Waals surface area contributed by atoms with E-state index in [1.807, 2.05) is 0 Å². The van der Waals surface area contributed by atoms with Crippen molar-refractivity contribution in [1.82, 2.24) is 4.57 Å². The van der Waals surface area contributed by atoms with Gasteiger partial charge in [-0.25, -0.2) is 0 Å². The summed E-state index contributed by atoms with van der Waals surface area (Å²) in [6, 6.07) is 5.18. The first-order valence-corrected chi connectivity index (χ1v) is 5.76. The molecule has 19 heavy (non-hydrogen) atoms. The molecule has 0 bridgehead atoms. The molecule has 1 heterocycles. The first-order chi connectivity index (χ1) is 8.84. The molecule has 2 rings (SSSR count). The Balaban J connectivity index is 2.90. The summed E-state index contributed by atoms with van der Waals surface area (Å²) in [5.74, 6) is 0. The van der Waals surface area contributed by atoms with E-state index in [0.29, 0.717) is 6.07 Å². The minimum absolute atomic E-state index is 0.0196. The summed E-state index contributed by atoms with van der Waals surface area (Å²) in [5.41, 5.74) is 4.87. The normalized spacial score (nSPS) is 12.1. The number of fused-ring (bicyclic) bond motifs is 1. The van der Waals surface area contributed by atoms with Crippen LogP contribution in [0.1, 0.15) is 11.1 Å². The lowest BCUT2D eigenvalue weighted by Crippen LogP contribution is -2.26. The number of alkyl halides is 3. The lowest BCUT2D eigenvalue weighted by atomic mass is 10.1. The molecule has 2 N–H and O–H groups in total. The van der Waals surface area contributed by atoms with E-state index in [1.54, 1.807) is 19.1 Å². The van der Waals surface area contributed by atoms with Crippen LogP contribution in [0.25, 0.3) is 10.9 Å². The van der Waals surface area contributed by atoms with Gasteiger partial charge in [-0.05, 0) is 18.6 Å². The van der Waals surface area contributed by atoms with E-state index < -0.39 is 17.3 Å². The summed E-state index contributed by atoms with van der Waals surface area (Å²) in [4.78, 5) is 11.8. The first kappa shape index (κ1) is 13.6. The van der Waals surface area contributed by atoms with Crippen molar-refractivity contribution in [2.75, 3.05) is 6.54 Å². The van der Waals surface area contributed by atoms with Crippen molar-refractivity contribution in [3.8, 4) is 0 Å². The highest BCUT2D eigenvalue weighted by molar-refractivity contribution is 5.83. The van der Waals surface area contributed by atoms with Gasteiger partial charge >= 0.3 is 6.18 Å². The summed E-state index contributed by atoms with van der Waals surface area (Å²) in [5, 5.41) is 0.0196. The van der Waals surface area contributed by atoms with E-state index >= 15 is 0 Å². The summed E-state index contributed by atoms with van der Waals surface area (Å²) < 4.78 is 40.1. The molecule has 0 radical (unpaired) electrons. The molecule has 0 aliphatic heterocycles. The van der Waals surface area contributed by atoms with Crippen molar-refractivity contribution in [2.24, 2.45) is 5.73 Å². The van der Waals surface area contributed by atoms with E-state index in [2.05, 4.69) is 0 Å². The molecule has 0 saturated carbocycles. The fourth-order valence-corrected chi connectivity index (χ4v) is 2.08. The van der Waals surface area contributed by atoms with Crippen molar-refractivity contribution in [3.63, 3.8) is 0 Å². The van der Waals surface area contributed by atoms with E-state index in [-0.39, 0.29) is 24.0 Å². The van der Waals surface area contributed by atoms with Crippen LogP contribution >= 0.6 is 0 Å². The zero-order valence-corrected chi connectivity index (χ0v) is 10.3. The topological polar surface area (TPSA) is 48.0 Å². The van der Waals surface area contributed by atoms with Crippen LogP contribution in [0, 0.1) is 6.92 Å². The van der Waals surface area contributed by atoms with Gasteiger partial charge in [-0.15, -0.1) is 0 Å². The number of pyridine rings is 1. The molecule has 0 atom stereocenters. The van der Waals surface area contributed by atoms with Crippen molar-refractivity contribution in [1.29, 1.82) is 0 Å². The van der Waals surface area contributed by atoms with Crippen molar-refractivity contribution >= 4 is 10.9 Å². The predicted octanol–water partition coefficient (Wildman–Crippen LogP) is 2.29. The van der Waals surface area contributed by atoms with E-state index in [1.165, 1.54) is 10.6 Å². The lowest BCUT2D eigenvalue weighted by Gasteiger charge is -2.15. The minimum Gasteiger partial charge on any atom is -0.329 e. The SMILES string of the molecule is Cc1ccc2c(C(F)(F)F)cc(=O)n(CCN)c2c1. The Morgan fingerprint density at radius 2 is 1.95 bits per heavy atom. The first-order valence-electron chi connectivity index (χ1n) is 5.76. The highest BCUT2D eigenvalue weighted by atomic mass is 19.4. The van der Waals surface area contributed by atoms with E-state index in [4.69, 9.17) is 5.73 Å². The molecule has 102 valence electrons. The number of aryl methyl sites for hydroxylation is 1. The standard InChI is InChI=1S/C13H13F3N2O/c1-8-2-3-9-10(13(14,15)16)7-12(19)18(5-4-17)11(9)6-8/h2-3,6-7H,4-5,17H2,1H3. The third-order valence-electron chi connectivity index (χ3n) is 2.93. The Bertz CT molecular complexity index is 674. The molecular formula is C13H13F3N2O. The molecule has 1 aromatic heterocycles. The molecule has 0 fully saturated rings. The number of aromatic nitrogens is 1. The van der Waals surface area contributed by atoms with Gasteiger partial charge in [0.05, 0.1) is 11.1 Å². The van der Waals surface area contributed by atoms with Crippen LogP contribution in [0.2, 0.25) is 0 Å². The molecule has 6 heteroatoms. The van der Waals surface area contributed by atoms with Gasteiger partial charge in [0.2, 0.25) is 0 Å². The van der Waals surface area contributed by atoms with Gasteiger partial charge in [0.15, 0.2) is 0 Å². The van der Waals surface area contributed by atoms with Gasteiger partial charge in [0.25, 0.3) is 5.56 Å². The van der Waals surface area contributed by atoms with Gasteiger partial charge < -0.3 is 10.3 Å². The number of hydrogen-bond donors (Lipinski definition) is 1. The van der Waals surface area contributed by atoms with Crippen LogP contribution in [0.5, 0.6) is 0 Å². The van der Waals surface area contributed by atoms with Gasteiger partial charge in [-0.1, -0.05) is 12.1 Å². The molecule has 0 saturated heterocycles. The van der Waals surface area contributed by atoms with Crippen LogP contribution in [0.3, 0.4) is 0 Å². The monoisotopic (exact) mass is 270 g/mol. The minimum atomic E-state index is -4.55. The molecule has 0 aliphatic rings. The quantitative estimate of drug-likeness (QED) is 0.910. The maximum Gasteiger partial charge on any atom is 0.417 e. The molecule has 2 aromatic rings. The molecule has 0 unspecified atom stereocenters. The number of rotatable bonds is 2. The number of hydrogen-bond acceptors (Lipinski definition) is 2. The summed E-state index contributed by atoms with van der Waals surface area (Å²) >= 11 is 0. The maximum atomic E-state index is 12.9. The van der Waals surface area contributed by atoms with Gasteiger partial charge in [0.1, 0.15) is 0 Å².